The van der Waals surface area contributed by atoms with E-state index in [1.54, 1.807) is 0 Å². The van der Waals surface area contributed by atoms with Crippen LogP contribution in [0.4, 0.5) is 0 Å². The molecular weight excluding hydrogens is 818 g/mol. The van der Waals surface area contributed by atoms with Gasteiger partial charge in [-0.25, -0.2) is 0 Å². The number of rotatable bonds is 7. The monoisotopic (exact) mass is 851 g/mol. The van der Waals surface area contributed by atoms with Gasteiger partial charge in [-0.1, -0.05) is 133 Å². The molecule has 0 saturated carbocycles. The summed E-state index contributed by atoms with van der Waals surface area (Å²) in [6, 6.07) is 72.2. The fourth-order valence-corrected chi connectivity index (χ4v) is 12.4. The van der Waals surface area contributed by atoms with E-state index in [0.717, 1.165) is 0 Å². The Bertz CT molecular complexity index is 2120. The van der Waals surface area contributed by atoms with E-state index in [4.69, 9.17) is 6.80 Å². The van der Waals surface area contributed by atoms with Gasteiger partial charge in [-0.2, -0.15) is 0 Å². The molecule has 0 spiro atoms. The second-order valence-corrected chi connectivity index (χ2v) is 17.0. The van der Waals surface area contributed by atoms with Crippen molar-refractivity contribution in [3.05, 3.63) is 194 Å². The van der Waals surface area contributed by atoms with Crippen LogP contribution in [-0.2, 0) is 25.3 Å². The molecule has 0 saturated heterocycles. The van der Waals surface area contributed by atoms with Crippen LogP contribution in [0.2, 0.25) is 0 Å². The Kier molecular flexibility index (Phi) is 10.6. The van der Waals surface area contributed by atoms with Crippen molar-refractivity contribution in [2.24, 2.45) is 0 Å². The summed E-state index contributed by atoms with van der Waals surface area (Å²) in [6.45, 7) is 0. The Hall–Kier alpha value is -4.57. The first-order valence-electron chi connectivity index (χ1n) is 16.1. The van der Waals surface area contributed by atoms with Crippen molar-refractivity contribution in [1.82, 2.24) is 0 Å². The van der Waals surface area contributed by atoms with E-state index in [1.165, 1.54) is 64.5 Å². The molecule has 0 heterocycles. The SMILES string of the molecule is [O]=[Pt]=[O].c1ccc([PH+](c2ccccc2)c2ccc3ccccc3c2-c2c([PH+](c3ccccc3)c3ccccc3)ccc3ccccc23)cc1. The van der Waals surface area contributed by atoms with Gasteiger partial charge in [-0.3, -0.25) is 0 Å². The molecule has 5 heteroatoms. The van der Waals surface area contributed by atoms with Crippen molar-refractivity contribution < 1.29 is 25.3 Å². The summed E-state index contributed by atoms with van der Waals surface area (Å²) in [7, 11) is -2.74. The van der Waals surface area contributed by atoms with E-state index in [0.29, 0.717) is 0 Å². The van der Waals surface area contributed by atoms with Crippen LogP contribution in [0, 0.1) is 0 Å². The van der Waals surface area contributed by atoms with Gasteiger partial charge < -0.3 is 0 Å². The zero-order valence-electron chi connectivity index (χ0n) is 26.6. The van der Waals surface area contributed by atoms with Crippen LogP contribution >= 0.6 is 15.8 Å². The predicted molar refractivity (Wildman–Crippen MR) is 208 cm³/mol. The Balaban J connectivity index is 0.00000122. The van der Waals surface area contributed by atoms with Gasteiger partial charge in [-0.05, 0) is 82.2 Å². The Morgan fingerprint density at radius 2 is 0.571 bits per heavy atom. The van der Waals surface area contributed by atoms with Gasteiger partial charge in [-0.15, -0.1) is 0 Å². The normalized spacial score (nSPS) is 11.1. The summed E-state index contributed by atoms with van der Waals surface area (Å²) < 4.78 is 17.0. The molecule has 0 radical (unpaired) electrons. The van der Waals surface area contributed by atoms with Gasteiger partial charge in [0, 0.05) is 11.1 Å². The van der Waals surface area contributed by atoms with Crippen molar-refractivity contribution in [2.75, 3.05) is 0 Å². The van der Waals surface area contributed by atoms with Crippen molar-refractivity contribution in [3.63, 3.8) is 0 Å². The molecular formula is C44H34O2P2Pt+2. The molecule has 0 aliphatic heterocycles. The summed E-state index contributed by atoms with van der Waals surface area (Å²) in [5.74, 6) is 0. The topological polar surface area (TPSA) is 34.1 Å². The molecule has 2 nitrogen and oxygen atoms in total. The molecule has 0 N–H and O–H groups in total. The van der Waals surface area contributed by atoms with E-state index >= 15 is 0 Å². The van der Waals surface area contributed by atoms with Crippen LogP contribution in [0.15, 0.2) is 194 Å². The van der Waals surface area contributed by atoms with E-state index in [-0.39, 0.29) is 0 Å². The van der Waals surface area contributed by atoms with Gasteiger partial charge in [0.2, 0.25) is 0 Å². The third-order valence-corrected chi connectivity index (χ3v) is 14.4. The molecule has 0 bridgehead atoms. The van der Waals surface area contributed by atoms with Gasteiger partial charge in [0.05, 0.1) is 15.8 Å². The van der Waals surface area contributed by atoms with Gasteiger partial charge in [0.15, 0.2) is 0 Å². The Labute approximate surface area is 298 Å². The first kappa shape index (κ1) is 33.0. The summed E-state index contributed by atoms with van der Waals surface area (Å²) >= 11 is -1.92. The average Bonchev–Trinajstić information content (AvgIpc) is 3.17. The Morgan fingerprint density at radius 1 is 0.306 bits per heavy atom. The molecule has 0 aliphatic rings. The van der Waals surface area contributed by atoms with Gasteiger partial charge in [0.1, 0.15) is 31.8 Å². The average molecular weight is 852 g/mol. The van der Waals surface area contributed by atoms with Crippen LogP contribution < -0.4 is 31.8 Å². The summed E-state index contributed by atoms with van der Waals surface area (Å²) in [5.41, 5.74) is 2.75. The molecule has 8 aromatic rings. The predicted octanol–water partition coefficient (Wildman–Crippen LogP) is 8.40. The minimum atomic E-state index is -1.92. The number of fused-ring (bicyclic) bond motifs is 2. The molecule has 240 valence electrons. The van der Waals surface area contributed by atoms with Crippen molar-refractivity contribution in [2.45, 2.75) is 0 Å². The molecule has 0 aromatic heterocycles. The minimum Gasteiger partial charge on any atom is -0.0620 e. The molecule has 0 atom stereocenters. The Morgan fingerprint density at radius 3 is 0.878 bits per heavy atom. The van der Waals surface area contributed by atoms with Crippen LogP contribution in [0.1, 0.15) is 0 Å². The molecule has 8 rings (SSSR count). The smallest absolute Gasteiger partial charge is 0.0620 e. The van der Waals surface area contributed by atoms with Crippen LogP contribution in [0.5, 0.6) is 0 Å². The summed E-state index contributed by atoms with van der Waals surface area (Å²) in [4.78, 5) is 0. The van der Waals surface area contributed by atoms with E-state index in [1.807, 2.05) is 0 Å². The van der Waals surface area contributed by atoms with E-state index < -0.39 is 34.3 Å². The minimum absolute atomic E-state index is 1.27. The maximum atomic E-state index is 8.49. The van der Waals surface area contributed by atoms with Crippen LogP contribution in [0.3, 0.4) is 0 Å². The summed E-state index contributed by atoms with van der Waals surface area (Å²) in [5, 5.41) is 13.6. The molecule has 0 unspecified atom stereocenters. The molecule has 0 aliphatic carbocycles. The number of hydrogen-bond acceptors (Lipinski definition) is 2. The van der Waals surface area contributed by atoms with Crippen molar-refractivity contribution >= 4 is 69.2 Å². The fourth-order valence-electron chi connectivity index (χ4n) is 6.87. The molecule has 0 amide bonds. The third kappa shape index (κ3) is 6.97. The quantitative estimate of drug-likeness (QED) is 0.151. The zero-order chi connectivity index (χ0) is 33.4. The first-order valence-corrected chi connectivity index (χ1v) is 21.0. The molecule has 49 heavy (non-hydrogen) atoms. The number of hydrogen-bond donors (Lipinski definition) is 0. The van der Waals surface area contributed by atoms with Crippen LogP contribution in [-0.4, -0.2) is 0 Å². The van der Waals surface area contributed by atoms with Gasteiger partial charge in [0.25, 0.3) is 0 Å². The summed E-state index contributed by atoms with van der Waals surface area (Å²) in [6.07, 6.45) is 0. The second kappa shape index (κ2) is 15.8. The molecule has 0 fully saturated rings. The van der Waals surface area contributed by atoms with Crippen molar-refractivity contribution in [1.29, 1.82) is 0 Å². The maximum Gasteiger partial charge on any atom is 0.111 e. The van der Waals surface area contributed by atoms with Crippen molar-refractivity contribution in [3.8, 4) is 11.1 Å². The maximum absolute atomic E-state index is 8.49. The largest absolute Gasteiger partial charge is 0.111 e. The van der Waals surface area contributed by atoms with Crippen LogP contribution in [0.25, 0.3) is 32.7 Å². The number of benzene rings is 8. The second-order valence-electron chi connectivity index (χ2n) is 11.7. The van der Waals surface area contributed by atoms with E-state index in [9.17, 15) is 0 Å². The zero-order valence-corrected chi connectivity index (χ0v) is 30.9. The van der Waals surface area contributed by atoms with Gasteiger partial charge >= 0.3 is 25.3 Å². The third-order valence-electron chi connectivity index (χ3n) is 8.90. The first-order chi connectivity index (χ1) is 24.3. The fraction of sp³-hybridized carbons (Fsp3) is 0. The van der Waals surface area contributed by atoms with E-state index in [2.05, 4.69) is 194 Å². The molecule has 8 aromatic carbocycles. The standard InChI is InChI=1S/C44H32P2.2O.Pt/c1-5-19-35(20-6-1)45(36-21-7-2-8-22-36)41-31-29-33-17-13-15-27-39(33)43(41)44-40-28-16-14-18-34(40)30-32-42(44)46(37-23-9-3-10-24-37)38-25-11-4-12-26-38;;;/h1-32H;;;/p+2.